The average molecular weight is 356 g/mol. The molecule has 3 rings (SSSR count). The lowest BCUT2D eigenvalue weighted by atomic mass is 10.2. The first-order valence-electron chi connectivity index (χ1n) is 8.61. The van der Waals surface area contributed by atoms with Crippen LogP contribution >= 0.6 is 0 Å². The summed E-state index contributed by atoms with van der Waals surface area (Å²) in [4.78, 5) is 14.2. The van der Waals surface area contributed by atoms with Crippen molar-refractivity contribution in [2.24, 2.45) is 0 Å². The van der Waals surface area contributed by atoms with Gasteiger partial charge in [0, 0.05) is 12.1 Å². The molecule has 1 aliphatic heterocycles. The van der Waals surface area contributed by atoms with E-state index in [1.807, 2.05) is 60.5 Å². The Kier molecular flexibility index (Phi) is 5.96. The fraction of sp³-hybridized carbons (Fsp3) is 0.350. The van der Waals surface area contributed by atoms with Gasteiger partial charge in [0.1, 0.15) is 18.5 Å². The van der Waals surface area contributed by atoms with E-state index in [0.29, 0.717) is 32.0 Å². The van der Waals surface area contributed by atoms with E-state index in [-0.39, 0.29) is 12.0 Å². The summed E-state index contributed by atoms with van der Waals surface area (Å²) in [6.07, 6.45) is -0.187. The number of rotatable bonds is 7. The molecule has 1 atom stereocenters. The fourth-order valence-corrected chi connectivity index (χ4v) is 2.87. The summed E-state index contributed by atoms with van der Waals surface area (Å²) in [5.74, 6) is 2.23. The van der Waals surface area contributed by atoms with Crippen molar-refractivity contribution in [3.63, 3.8) is 0 Å². The number of carbonyl (C=O) groups is 1. The number of methoxy groups -OCH3 is 1. The molecule has 0 bridgehead atoms. The molecule has 1 N–H and O–H groups in total. The minimum Gasteiger partial charge on any atom is -0.496 e. The van der Waals surface area contributed by atoms with Gasteiger partial charge in [0.2, 0.25) is 5.91 Å². The molecule has 0 aliphatic carbocycles. The molecule has 2 aromatic carbocycles. The van der Waals surface area contributed by atoms with Crippen LogP contribution in [-0.4, -0.2) is 50.8 Å². The third-order valence-electron chi connectivity index (χ3n) is 4.14. The quantitative estimate of drug-likeness (QED) is 0.823. The standard InChI is InChI=1S/C20H24N2O4/c1-22(12-15-7-3-4-8-17(15)24-2)13-20(23)21-11-16-14-25-18-9-5-6-10-19(18)26-16/h3-10,16H,11-14H2,1-2H3,(H,21,23). The number of hydrogen-bond donors (Lipinski definition) is 1. The van der Waals surface area contributed by atoms with E-state index >= 15 is 0 Å². The van der Waals surface area contributed by atoms with Gasteiger partial charge >= 0.3 is 0 Å². The van der Waals surface area contributed by atoms with Gasteiger partial charge in [0.05, 0.1) is 20.2 Å². The zero-order valence-electron chi connectivity index (χ0n) is 15.1. The first kappa shape index (κ1) is 18.1. The third-order valence-corrected chi connectivity index (χ3v) is 4.14. The number of para-hydroxylation sites is 3. The van der Waals surface area contributed by atoms with Crippen molar-refractivity contribution in [3.05, 3.63) is 54.1 Å². The number of nitrogens with zero attached hydrogens (tertiary/aromatic N) is 1. The first-order valence-corrected chi connectivity index (χ1v) is 8.61. The molecule has 2 aromatic rings. The van der Waals surface area contributed by atoms with E-state index in [0.717, 1.165) is 17.1 Å². The molecule has 6 heteroatoms. The van der Waals surface area contributed by atoms with Crippen LogP contribution in [0.15, 0.2) is 48.5 Å². The van der Waals surface area contributed by atoms with Gasteiger partial charge in [0.25, 0.3) is 0 Å². The number of fused-ring (bicyclic) bond motifs is 1. The van der Waals surface area contributed by atoms with E-state index in [2.05, 4.69) is 5.32 Å². The Morgan fingerprint density at radius 3 is 2.73 bits per heavy atom. The van der Waals surface area contributed by atoms with Gasteiger partial charge in [-0.15, -0.1) is 0 Å². The average Bonchev–Trinajstić information content (AvgIpc) is 2.66. The third kappa shape index (κ3) is 4.67. The van der Waals surface area contributed by atoms with Gasteiger partial charge in [-0.05, 0) is 25.2 Å². The van der Waals surface area contributed by atoms with E-state index in [4.69, 9.17) is 14.2 Å². The minimum atomic E-state index is -0.187. The molecule has 1 heterocycles. The Morgan fingerprint density at radius 2 is 1.92 bits per heavy atom. The van der Waals surface area contributed by atoms with Gasteiger partial charge in [-0.1, -0.05) is 30.3 Å². The topological polar surface area (TPSA) is 60.0 Å². The second-order valence-electron chi connectivity index (χ2n) is 6.29. The molecule has 0 spiro atoms. The highest BCUT2D eigenvalue weighted by atomic mass is 16.6. The molecular formula is C20H24N2O4. The predicted molar refractivity (Wildman–Crippen MR) is 98.7 cm³/mol. The molecular weight excluding hydrogens is 332 g/mol. The van der Waals surface area contributed by atoms with Crippen molar-refractivity contribution in [3.8, 4) is 17.2 Å². The number of benzene rings is 2. The maximum Gasteiger partial charge on any atom is 0.234 e. The Morgan fingerprint density at radius 1 is 1.19 bits per heavy atom. The zero-order chi connectivity index (χ0) is 18.4. The van der Waals surface area contributed by atoms with E-state index in [1.165, 1.54) is 0 Å². The number of amides is 1. The van der Waals surface area contributed by atoms with Crippen LogP contribution in [0.2, 0.25) is 0 Å². The van der Waals surface area contributed by atoms with Crippen LogP contribution in [0.3, 0.4) is 0 Å². The van der Waals surface area contributed by atoms with Crippen molar-refractivity contribution < 1.29 is 19.0 Å². The van der Waals surface area contributed by atoms with Gasteiger partial charge in [0.15, 0.2) is 11.5 Å². The molecule has 1 unspecified atom stereocenters. The summed E-state index contributed by atoms with van der Waals surface area (Å²) in [6.45, 7) is 1.76. The van der Waals surface area contributed by atoms with E-state index < -0.39 is 0 Å². The van der Waals surface area contributed by atoms with Crippen LogP contribution < -0.4 is 19.5 Å². The van der Waals surface area contributed by atoms with Crippen LogP contribution in [-0.2, 0) is 11.3 Å². The normalized spacial score (nSPS) is 15.6. The highest BCUT2D eigenvalue weighted by Crippen LogP contribution is 2.30. The summed E-state index contributed by atoms with van der Waals surface area (Å²) >= 11 is 0. The van der Waals surface area contributed by atoms with Crippen molar-refractivity contribution in [1.82, 2.24) is 10.2 Å². The molecule has 0 aromatic heterocycles. The van der Waals surface area contributed by atoms with Crippen molar-refractivity contribution in [2.75, 3.05) is 33.9 Å². The molecule has 6 nitrogen and oxygen atoms in total. The molecule has 0 saturated heterocycles. The van der Waals surface area contributed by atoms with Crippen LogP contribution in [0.4, 0.5) is 0 Å². The van der Waals surface area contributed by atoms with Gasteiger partial charge in [-0.3, -0.25) is 9.69 Å². The van der Waals surface area contributed by atoms with E-state index in [1.54, 1.807) is 7.11 Å². The van der Waals surface area contributed by atoms with E-state index in [9.17, 15) is 4.79 Å². The Bertz CT molecular complexity index is 750. The van der Waals surface area contributed by atoms with Gasteiger partial charge in [-0.2, -0.15) is 0 Å². The molecule has 1 aliphatic rings. The molecule has 26 heavy (non-hydrogen) atoms. The number of likely N-dealkylation sites (N-methyl/N-ethyl adjacent to an activating group) is 1. The monoisotopic (exact) mass is 356 g/mol. The number of ether oxygens (including phenoxy) is 3. The van der Waals surface area contributed by atoms with Crippen LogP contribution in [0.1, 0.15) is 5.56 Å². The molecule has 0 fully saturated rings. The minimum absolute atomic E-state index is 0.0511. The van der Waals surface area contributed by atoms with Crippen molar-refractivity contribution in [2.45, 2.75) is 12.6 Å². The van der Waals surface area contributed by atoms with Crippen LogP contribution in [0.25, 0.3) is 0 Å². The highest BCUT2D eigenvalue weighted by molar-refractivity contribution is 5.78. The maximum atomic E-state index is 12.2. The largest absolute Gasteiger partial charge is 0.496 e. The van der Waals surface area contributed by atoms with Crippen LogP contribution in [0.5, 0.6) is 17.2 Å². The van der Waals surface area contributed by atoms with Crippen molar-refractivity contribution in [1.29, 1.82) is 0 Å². The van der Waals surface area contributed by atoms with Gasteiger partial charge < -0.3 is 19.5 Å². The van der Waals surface area contributed by atoms with Crippen LogP contribution in [0, 0.1) is 0 Å². The Hall–Kier alpha value is -2.73. The summed E-state index contributed by atoms with van der Waals surface area (Å²) in [6, 6.07) is 15.3. The molecule has 138 valence electrons. The molecule has 1 amide bonds. The molecule has 0 radical (unpaired) electrons. The summed E-state index contributed by atoms with van der Waals surface area (Å²) in [5.41, 5.74) is 1.05. The highest BCUT2D eigenvalue weighted by Gasteiger charge is 2.21. The first-order chi connectivity index (χ1) is 12.7. The number of nitrogens with one attached hydrogen (secondary N) is 1. The Labute approximate surface area is 153 Å². The van der Waals surface area contributed by atoms with Gasteiger partial charge in [-0.25, -0.2) is 0 Å². The second-order valence-corrected chi connectivity index (χ2v) is 6.29. The number of hydrogen-bond acceptors (Lipinski definition) is 5. The van der Waals surface area contributed by atoms with Crippen molar-refractivity contribution >= 4 is 5.91 Å². The molecule has 0 saturated carbocycles. The number of carbonyl (C=O) groups excluding carboxylic acids is 1. The summed E-state index contributed by atoms with van der Waals surface area (Å²) in [5, 5.41) is 2.91. The lowest BCUT2D eigenvalue weighted by molar-refractivity contribution is -0.122. The Balaban J connectivity index is 1.44. The lowest BCUT2D eigenvalue weighted by Gasteiger charge is -2.26. The summed E-state index contributed by atoms with van der Waals surface area (Å²) in [7, 11) is 3.55. The summed E-state index contributed by atoms with van der Waals surface area (Å²) < 4.78 is 16.8. The zero-order valence-corrected chi connectivity index (χ0v) is 15.1. The smallest absolute Gasteiger partial charge is 0.234 e. The predicted octanol–water partition coefficient (Wildman–Crippen LogP) is 2.08. The SMILES string of the molecule is COc1ccccc1CN(C)CC(=O)NCC1COc2ccccc2O1. The maximum absolute atomic E-state index is 12.2. The lowest BCUT2D eigenvalue weighted by Crippen LogP contribution is -2.43. The fourth-order valence-electron chi connectivity index (χ4n) is 2.87. The second kappa shape index (κ2) is 8.58.